The molecule has 1 amide bonds. The Hall–Kier alpha value is -2.64. The van der Waals surface area contributed by atoms with Crippen molar-refractivity contribution in [1.29, 1.82) is 0 Å². The Bertz CT molecular complexity index is 1190. The highest BCUT2D eigenvalue weighted by molar-refractivity contribution is 7.89. The van der Waals surface area contributed by atoms with Crippen LogP contribution in [0.15, 0.2) is 53.4 Å². The van der Waals surface area contributed by atoms with Crippen LogP contribution in [0, 0.1) is 12.8 Å². The number of H-pyrrole nitrogens is 1. The second-order valence-electron chi connectivity index (χ2n) is 8.76. The van der Waals surface area contributed by atoms with Crippen LogP contribution in [-0.2, 0) is 16.4 Å². The molecule has 1 aliphatic heterocycles. The zero-order chi connectivity index (χ0) is 22.7. The van der Waals surface area contributed by atoms with E-state index in [-0.39, 0.29) is 10.8 Å². The minimum absolute atomic E-state index is 0.166. The molecular weight excluding hydrogens is 422 g/mol. The predicted octanol–water partition coefficient (Wildman–Crippen LogP) is 4.26. The van der Waals surface area contributed by atoms with Gasteiger partial charge in [-0.15, -0.1) is 0 Å². The first-order chi connectivity index (χ1) is 15.4. The Kier molecular flexibility index (Phi) is 6.67. The van der Waals surface area contributed by atoms with E-state index < -0.39 is 10.0 Å². The SMILES string of the molecule is Cc1c(C(=O)NCCCc2ccccc2)[nH]c2ccc(S(=O)(=O)N3CCC(C)CC3)cc12. The average molecular weight is 454 g/mol. The third-order valence-corrected chi connectivity index (χ3v) is 8.30. The number of fused-ring (bicyclic) bond motifs is 1. The number of rotatable bonds is 7. The lowest BCUT2D eigenvalue weighted by atomic mass is 10.0. The van der Waals surface area contributed by atoms with Gasteiger partial charge in [0.25, 0.3) is 5.91 Å². The summed E-state index contributed by atoms with van der Waals surface area (Å²) in [5.74, 6) is 0.394. The molecule has 0 unspecified atom stereocenters. The lowest BCUT2D eigenvalue weighted by Crippen LogP contribution is -2.37. The fourth-order valence-electron chi connectivity index (χ4n) is 4.30. The first-order valence-corrected chi connectivity index (χ1v) is 12.7. The van der Waals surface area contributed by atoms with Crippen molar-refractivity contribution in [2.45, 2.75) is 44.4 Å². The quantitative estimate of drug-likeness (QED) is 0.525. The number of sulfonamides is 1. The van der Waals surface area contributed by atoms with Gasteiger partial charge in [-0.05, 0) is 67.9 Å². The first-order valence-electron chi connectivity index (χ1n) is 11.3. The number of benzene rings is 2. The van der Waals surface area contributed by atoms with Crippen molar-refractivity contribution < 1.29 is 13.2 Å². The number of nitrogens with one attached hydrogen (secondary N) is 2. The van der Waals surface area contributed by atoms with Crippen LogP contribution in [0.1, 0.15) is 47.8 Å². The molecule has 2 heterocycles. The summed E-state index contributed by atoms with van der Waals surface area (Å²) >= 11 is 0. The van der Waals surface area contributed by atoms with E-state index in [2.05, 4.69) is 29.4 Å². The van der Waals surface area contributed by atoms with Crippen LogP contribution in [0.5, 0.6) is 0 Å². The summed E-state index contributed by atoms with van der Waals surface area (Å²) in [5.41, 5.74) is 3.27. The van der Waals surface area contributed by atoms with Gasteiger partial charge in [0, 0.05) is 30.5 Å². The molecule has 1 aliphatic rings. The van der Waals surface area contributed by atoms with E-state index in [0.29, 0.717) is 31.2 Å². The number of aryl methyl sites for hydroxylation is 2. The Morgan fingerprint density at radius 3 is 2.56 bits per heavy atom. The maximum atomic E-state index is 13.1. The number of carbonyl (C=O) groups is 1. The van der Waals surface area contributed by atoms with E-state index in [4.69, 9.17) is 0 Å². The Morgan fingerprint density at radius 2 is 1.84 bits per heavy atom. The summed E-state index contributed by atoms with van der Waals surface area (Å²) in [7, 11) is -3.53. The van der Waals surface area contributed by atoms with Crippen LogP contribution >= 0.6 is 0 Å². The molecule has 2 aromatic carbocycles. The number of carbonyl (C=O) groups excluding carboxylic acids is 1. The van der Waals surface area contributed by atoms with Crippen molar-refractivity contribution in [3.05, 3.63) is 65.4 Å². The van der Waals surface area contributed by atoms with Crippen LogP contribution in [0.2, 0.25) is 0 Å². The average Bonchev–Trinajstić information content (AvgIpc) is 3.13. The zero-order valence-electron chi connectivity index (χ0n) is 18.7. The Balaban J connectivity index is 1.46. The molecule has 1 fully saturated rings. The fraction of sp³-hybridized carbons (Fsp3) is 0.400. The van der Waals surface area contributed by atoms with Gasteiger partial charge in [0.05, 0.1) is 4.90 Å². The maximum absolute atomic E-state index is 13.1. The van der Waals surface area contributed by atoms with Crippen molar-refractivity contribution in [2.75, 3.05) is 19.6 Å². The van der Waals surface area contributed by atoms with Gasteiger partial charge >= 0.3 is 0 Å². The highest BCUT2D eigenvalue weighted by Gasteiger charge is 2.28. The maximum Gasteiger partial charge on any atom is 0.268 e. The molecule has 1 aromatic heterocycles. The third-order valence-electron chi connectivity index (χ3n) is 6.41. The highest BCUT2D eigenvalue weighted by atomic mass is 32.2. The van der Waals surface area contributed by atoms with Crippen LogP contribution in [0.4, 0.5) is 0 Å². The summed E-state index contributed by atoms with van der Waals surface area (Å²) in [5, 5.41) is 3.74. The van der Waals surface area contributed by atoms with E-state index in [1.165, 1.54) is 5.56 Å². The normalized spacial score (nSPS) is 15.8. The van der Waals surface area contributed by atoms with Gasteiger partial charge in [-0.25, -0.2) is 8.42 Å². The van der Waals surface area contributed by atoms with Crippen molar-refractivity contribution in [2.24, 2.45) is 5.92 Å². The molecule has 7 heteroatoms. The largest absolute Gasteiger partial charge is 0.351 e. The molecule has 6 nitrogen and oxygen atoms in total. The smallest absolute Gasteiger partial charge is 0.268 e. The first kappa shape index (κ1) is 22.6. The number of aromatic nitrogens is 1. The molecule has 0 atom stereocenters. The molecule has 0 radical (unpaired) electrons. The summed E-state index contributed by atoms with van der Waals surface area (Å²) in [6.45, 7) is 5.72. The second kappa shape index (κ2) is 9.46. The topological polar surface area (TPSA) is 82.3 Å². The summed E-state index contributed by atoms with van der Waals surface area (Å²) in [6.07, 6.45) is 3.54. The van der Waals surface area contributed by atoms with Gasteiger partial charge in [0.2, 0.25) is 10.0 Å². The van der Waals surface area contributed by atoms with Crippen LogP contribution in [0.25, 0.3) is 10.9 Å². The lowest BCUT2D eigenvalue weighted by molar-refractivity contribution is 0.0948. The zero-order valence-corrected chi connectivity index (χ0v) is 19.5. The second-order valence-corrected chi connectivity index (χ2v) is 10.7. The van der Waals surface area contributed by atoms with E-state index in [1.807, 2.05) is 25.1 Å². The summed E-state index contributed by atoms with van der Waals surface area (Å²) < 4.78 is 27.8. The van der Waals surface area contributed by atoms with Crippen LogP contribution in [0.3, 0.4) is 0 Å². The Morgan fingerprint density at radius 1 is 1.12 bits per heavy atom. The molecule has 32 heavy (non-hydrogen) atoms. The van der Waals surface area contributed by atoms with E-state index >= 15 is 0 Å². The summed E-state index contributed by atoms with van der Waals surface area (Å²) in [4.78, 5) is 16.2. The standard InChI is InChI=1S/C25H31N3O3S/c1-18-12-15-28(16-13-18)32(30,31)21-10-11-23-22(17-21)19(2)24(27-23)25(29)26-14-6-9-20-7-4-3-5-8-20/h3-5,7-8,10-11,17-18,27H,6,9,12-16H2,1-2H3,(H,26,29). The Labute approximate surface area is 190 Å². The number of piperidine rings is 1. The van der Waals surface area contributed by atoms with Crippen LogP contribution in [-0.4, -0.2) is 43.2 Å². The van der Waals surface area contributed by atoms with E-state index in [0.717, 1.165) is 42.1 Å². The van der Waals surface area contributed by atoms with Crippen molar-refractivity contribution in [1.82, 2.24) is 14.6 Å². The van der Waals surface area contributed by atoms with Gasteiger partial charge in [-0.3, -0.25) is 4.79 Å². The molecule has 0 aliphatic carbocycles. The third kappa shape index (κ3) is 4.74. The molecule has 2 N–H and O–H groups in total. The molecule has 0 saturated carbocycles. The van der Waals surface area contributed by atoms with Gasteiger partial charge in [0.1, 0.15) is 5.69 Å². The minimum atomic E-state index is -3.53. The number of nitrogens with zero attached hydrogens (tertiary/aromatic N) is 1. The molecule has 4 rings (SSSR count). The number of aromatic amines is 1. The fourth-order valence-corrected chi connectivity index (χ4v) is 5.79. The minimum Gasteiger partial charge on any atom is -0.351 e. The van der Waals surface area contributed by atoms with Crippen molar-refractivity contribution in [3.63, 3.8) is 0 Å². The molecular formula is C25H31N3O3S. The predicted molar refractivity (Wildman–Crippen MR) is 127 cm³/mol. The summed E-state index contributed by atoms with van der Waals surface area (Å²) in [6, 6.07) is 15.3. The molecule has 1 saturated heterocycles. The van der Waals surface area contributed by atoms with Crippen molar-refractivity contribution in [3.8, 4) is 0 Å². The molecule has 0 bridgehead atoms. The van der Waals surface area contributed by atoms with E-state index in [9.17, 15) is 13.2 Å². The van der Waals surface area contributed by atoms with Crippen LogP contribution < -0.4 is 5.32 Å². The van der Waals surface area contributed by atoms with Gasteiger partial charge in [-0.1, -0.05) is 37.3 Å². The molecule has 3 aromatic rings. The number of hydrogen-bond acceptors (Lipinski definition) is 3. The van der Waals surface area contributed by atoms with Crippen molar-refractivity contribution >= 4 is 26.8 Å². The monoisotopic (exact) mass is 453 g/mol. The highest BCUT2D eigenvalue weighted by Crippen LogP contribution is 2.28. The van der Waals surface area contributed by atoms with Gasteiger partial charge in [0.15, 0.2) is 0 Å². The molecule has 0 spiro atoms. The molecule has 170 valence electrons. The number of hydrogen-bond donors (Lipinski definition) is 2. The lowest BCUT2D eigenvalue weighted by Gasteiger charge is -2.29. The van der Waals surface area contributed by atoms with E-state index in [1.54, 1.807) is 22.5 Å². The van der Waals surface area contributed by atoms with Gasteiger partial charge < -0.3 is 10.3 Å². The number of amides is 1. The van der Waals surface area contributed by atoms with Gasteiger partial charge in [-0.2, -0.15) is 4.31 Å².